The van der Waals surface area contributed by atoms with E-state index in [9.17, 15) is 4.79 Å². The quantitative estimate of drug-likeness (QED) is 0.750. The molecule has 0 amide bonds. The average Bonchev–Trinajstić information content (AvgIpc) is 2.46. The fraction of sp³-hybridized carbons (Fsp3) is 0.0625. The van der Waals surface area contributed by atoms with E-state index in [2.05, 4.69) is 10.3 Å². The molecule has 0 saturated carbocycles. The summed E-state index contributed by atoms with van der Waals surface area (Å²) < 4.78 is 0. The van der Waals surface area contributed by atoms with Gasteiger partial charge in [-0.2, -0.15) is 0 Å². The fourth-order valence-electron chi connectivity index (χ4n) is 2.10. The van der Waals surface area contributed by atoms with Crippen LogP contribution in [0, 0.1) is 0 Å². The van der Waals surface area contributed by atoms with E-state index in [4.69, 9.17) is 0 Å². The van der Waals surface area contributed by atoms with Crippen molar-refractivity contribution in [3.63, 3.8) is 0 Å². The Bertz CT molecular complexity index is 747. The van der Waals surface area contributed by atoms with Crippen LogP contribution in [0.2, 0.25) is 0 Å². The van der Waals surface area contributed by atoms with E-state index in [-0.39, 0.29) is 5.56 Å². The van der Waals surface area contributed by atoms with Crippen molar-refractivity contribution in [2.24, 2.45) is 0 Å². The van der Waals surface area contributed by atoms with Crippen LogP contribution in [-0.2, 0) is 6.54 Å². The zero-order valence-corrected chi connectivity index (χ0v) is 10.4. The highest BCUT2D eigenvalue weighted by molar-refractivity contribution is 5.83. The predicted octanol–water partition coefficient (Wildman–Crippen LogP) is 3.14. The van der Waals surface area contributed by atoms with Gasteiger partial charge in [-0.15, -0.1) is 0 Å². The highest BCUT2D eigenvalue weighted by Crippen LogP contribution is 2.13. The zero-order chi connectivity index (χ0) is 13.1. The lowest BCUT2D eigenvalue weighted by atomic mass is 10.2. The van der Waals surface area contributed by atoms with Crippen molar-refractivity contribution in [2.75, 3.05) is 5.32 Å². The number of aromatic amines is 1. The molecule has 19 heavy (non-hydrogen) atoms. The molecule has 1 aromatic heterocycles. The van der Waals surface area contributed by atoms with Crippen LogP contribution in [0.5, 0.6) is 0 Å². The minimum absolute atomic E-state index is 0.0614. The summed E-state index contributed by atoms with van der Waals surface area (Å²) >= 11 is 0. The average molecular weight is 250 g/mol. The number of fused-ring (bicyclic) bond motifs is 1. The number of rotatable bonds is 3. The van der Waals surface area contributed by atoms with Gasteiger partial charge >= 0.3 is 0 Å². The Morgan fingerprint density at radius 2 is 1.68 bits per heavy atom. The highest BCUT2D eigenvalue weighted by Gasteiger charge is 2.00. The number of hydrogen-bond acceptors (Lipinski definition) is 2. The molecule has 94 valence electrons. The summed E-state index contributed by atoms with van der Waals surface area (Å²) in [6, 6.07) is 19.6. The molecule has 0 fully saturated rings. The SMILES string of the molecule is O=c1[nH]c(NCc2ccccc2)cc2ccccc12. The first-order valence-corrected chi connectivity index (χ1v) is 6.23. The van der Waals surface area contributed by atoms with Crippen molar-refractivity contribution in [2.45, 2.75) is 6.54 Å². The Morgan fingerprint density at radius 1 is 0.947 bits per heavy atom. The molecular weight excluding hydrogens is 236 g/mol. The minimum atomic E-state index is -0.0614. The topological polar surface area (TPSA) is 44.9 Å². The van der Waals surface area contributed by atoms with Gasteiger partial charge in [-0.3, -0.25) is 4.79 Å². The van der Waals surface area contributed by atoms with Gasteiger partial charge in [-0.25, -0.2) is 0 Å². The third-order valence-electron chi connectivity index (χ3n) is 3.08. The molecule has 0 atom stereocenters. The van der Waals surface area contributed by atoms with Gasteiger partial charge in [-0.05, 0) is 23.1 Å². The van der Waals surface area contributed by atoms with Crippen LogP contribution in [0.25, 0.3) is 10.8 Å². The third kappa shape index (κ3) is 2.50. The summed E-state index contributed by atoms with van der Waals surface area (Å²) in [5, 5.41) is 4.90. The number of hydrogen-bond donors (Lipinski definition) is 2. The summed E-state index contributed by atoms with van der Waals surface area (Å²) in [4.78, 5) is 14.8. The van der Waals surface area contributed by atoms with Gasteiger partial charge in [0.2, 0.25) is 0 Å². The number of benzene rings is 2. The van der Waals surface area contributed by atoms with Gasteiger partial charge in [0.1, 0.15) is 5.82 Å². The molecular formula is C16H14N2O. The number of aromatic nitrogens is 1. The Labute approximate surface area is 110 Å². The van der Waals surface area contributed by atoms with Gasteiger partial charge in [0.15, 0.2) is 0 Å². The molecule has 0 saturated heterocycles. The Kier molecular flexibility index (Phi) is 3.02. The normalized spacial score (nSPS) is 10.5. The number of pyridine rings is 1. The molecule has 0 aliphatic rings. The molecule has 0 spiro atoms. The van der Waals surface area contributed by atoms with Crippen LogP contribution in [0.15, 0.2) is 65.5 Å². The van der Waals surface area contributed by atoms with Crippen LogP contribution in [0.4, 0.5) is 5.82 Å². The monoisotopic (exact) mass is 250 g/mol. The minimum Gasteiger partial charge on any atom is -0.367 e. The molecule has 0 aliphatic carbocycles. The van der Waals surface area contributed by atoms with E-state index >= 15 is 0 Å². The second kappa shape index (κ2) is 4.98. The van der Waals surface area contributed by atoms with Crippen LogP contribution in [0.3, 0.4) is 0 Å². The molecule has 3 aromatic rings. The van der Waals surface area contributed by atoms with Crippen LogP contribution >= 0.6 is 0 Å². The Balaban J connectivity index is 1.88. The van der Waals surface area contributed by atoms with E-state index in [1.807, 2.05) is 60.7 Å². The molecule has 2 aromatic carbocycles. The van der Waals surface area contributed by atoms with E-state index in [0.29, 0.717) is 11.9 Å². The van der Waals surface area contributed by atoms with E-state index in [1.165, 1.54) is 5.56 Å². The Hall–Kier alpha value is -2.55. The van der Waals surface area contributed by atoms with Crippen molar-refractivity contribution >= 4 is 16.6 Å². The lowest BCUT2D eigenvalue weighted by Gasteiger charge is -2.07. The summed E-state index contributed by atoms with van der Waals surface area (Å²) in [6.07, 6.45) is 0. The first-order chi connectivity index (χ1) is 9.33. The number of nitrogens with one attached hydrogen (secondary N) is 2. The lowest BCUT2D eigenvalue weighted by molar-refractivity contribution is 1.10. The molecule has 0 bridgehead atoms. The first-order valence-electron chi connectivity index (χ1n) is 6.23. The maximum Gasteiger partial charge on any atom is 0.257 e. The van der Waals surface area contributed by atoms with Crippen LogP contribution < -0.4 is 10.9 Å². The smallest absolute Gasteiger partial charge is 0.257 e. The lowest BCUT2D eigenvalue weighted by Crippen LogP contribution is -2.10. The van der Waals surface area contributed by atoms with Crippen LogP contribution in [-0.4, -0.2) is 4.98 Å². The standard InChI is InChI=1S/C16H14N2O/c19-16-14-9-5-4-8-13(14)10-15(18-16)17-11-12-6-2-1-3-7-12/h1-10H,11H2,(H2,17,18,19). The van der Waals surface area contributed by atoms with E-state index in [1.54, 1.807) is 0 Å². The van der Waals surface area contributed by atoms with Crippen molar-refractivity contribution < 1.29 is 0 Å². The van der Waals surface area contributed by atoms with Crippen molar-refractivity contribution in [3.8, 4) is 0 Å². The van der Waals surface area contributed by atoms with Gasteiger partial charge in [0, 0.05) is 11.9 Å². The van der Waals surface area contributed by atoms with Gasteiger partial charge in [0.25, 0.3) is 5.56 Å². The molecule has 0 unspecified atom stereocenters. The highest BCUT2D eigenvalue weighted by atomic mass is 16.1. The zero-order valence-electron chi connectivity index (χ0n) is 10.4. The summed E-state index contributed by atoms with van der Waals surface area (Å²) in [7, 11) is 0. The van der Waals surface area contributed by atoms with E-state index in [0.717, 1.165) is 11.2 Å². The summed E-state index contributed by atoms with van der Waals surface area (Å²) in [6.45, 7) is 0.690. The second-order valence-corrected chi connectivity index (χ2v) is 4.44. The van der Waals surface area contributed by atoms with Crippen LogP contribution in [0.1, 0.15) is 5.56 Å². The summed E-state index contributed by atoms with van der Waals surface area (Å²) in [5.74, 6) is 0.743. The van der Waals surface area contributed by atoms with Crippen molar-refractivity contribution in [1.82, 2.24) is 4.98 Å². The van der Waals surface area contributed by atoms with E-state index < -0.39 is 0 Å². The third-order valence-corrected chi connectivity index (χ3v) is 3.08. The number of H-pyrrole nitrogens is 1. The largest absolute Gasteiger partial charge is 0.367 e. The van der Waals surface area contributed by atoms with Gasteiger partial charge in [0.05, 0.1) is 0 Å². The molecule has 0 aliphatic heterocycles. The first kappa shape index (κ1) is 11.5. The maximum atomic E-state index is 11.9. The molecule has 1 heterocycles. The second-order valence-electron chi connectivity index (χ2n) is 4.44. The van der Waals surface area contributed by atoms with Crippen molar-refractivity contribution in [1.29, 1.82) is 0 Å². The molecule has 3 nitrogen and oxygen atoms in total. The Morgan fingerprint density at radius 3 is 2.53 bits per heavy atom. The molecule has 3 rings (SSSR count). The van der Waals surface area contributed by atoms with Gasteiger partial charge < -0.3 is 10.3 Å². The number of anilines is 1. The molecule has 0 radical (unpaired) electrons. The van der Waals surface area contributed by atoms with Gasteiger partial charge in [-0.1, -0.05) is 48.5 Å². The molecule has 2 N–H and O–H groups in total. The summed E-state index contributed by atoms with van der Waals surface area (Å²) in [5.41, 5.74) is 1.12. The maximum absolute atomic E-state index is 11.9. The fourth-order valence-corrected chi connectivity index (χ4v) is 2.10. The van der Waals surface area contributed by atoms with Crippen molar-refractivity contribution in [3.05, 3.63) is 76.6 Å². The molecule has 3 heteroatoms. The predicted molar refractivity (Wildman–Crippen MR) is 78.3 cm³/mol.